The molecule has 0 saturated carbocycles. The SMILES string of the molecule is Cn1cc[n+](N)n1.O=[N+]([O-])[O-]. The summed E-state index contributed by atoms with van der Waals surface area (Å²) in [7, 11) is 1.81. The number of hydrogen-bond donors (Lipinski definition) is 1. The van der Waals surface area contributed by atoms with E-state index in [9.17, 15) is 0 Å². The molecular weight excluding hydrogens is 154 g/mol. The van der Waals surface area contributed by atoms with E-state index in [1.165, 1.54) is 4.79 Å². The van der Waals surface area contributed by atoms with Crippen LogP contribution in [0.1, 0.15) is 0 Å². The monoisotopic (exact) mass is 161 g/mol. The van der Waals surface area contributed by atoms with Gasteiger partial charge in [0.2, 0.25) is 0 Å². The van der Waals surface area contributed by atoms with Crippen LogP contribution in [0.5, 0.6) is 0 Å². The first-order chi connectivity index (χ1) is 5.02. The largest absolute Gasteiger partial charge is 0.356 e. The van der Waals surface area contributed by atoms with Crippen LogP contribution in [-0.2, 0) is 7.05 Å². The molecule has 0 aliphatic carbocycles. The molecule has 11 heavy (non-hydrogen) atoms. The minimum absolute atomic E-state index is 1.25. The van der Waals surface area contributed by atoms with Crippen molar-refractivity contribution in [2.45, 2.75) is 0 Å². The molecule has 0 aliphatic rings. The van der Waals surface area contributed by atoms with Gasteiger partial charge in [0.1, 0.15) is 12.3 Å². The average Bonchev–Trinajstić information content (AvgIpc) is 2.13. The Morgan fingerprint density at radius 1 is 1.73 bits per heavy atom. The van der Waals surface area contributed by atoms with Crippen LogP contribution in [0.2, 0.25) is 0 Å². The molecule has 1 rings (SSSR count). The first kappa shape index (κ1) is 9.14. The zero-order valence-electron chi connectivity index (χ0n) is 5.75. The number of aryl methyl sites for hydroxylation is 1. The first-order valence-electron chi connectivity index (χ1n) is 2.50. The molecule has 1 heterocycles. The molecule has 0 aromatic carbocycles. The van der Waals surface area contributed by atoms with Gasteiger partial charge in [-0.25, -0.2) is 5.84 Å². The zero-order chi connectivity index (χ0) is 8.85. The van der Waals surface area contributed by atoms with Crippen LogP contribution in [0.25, 0.3) is 0 Å². The number of aromatic nitrogens is 3. The van der Waals surface area contributed by atoms with Crippen LogP contribution in [0.15, 0.2) is 12.4 Å². The van der Waals surface area contributed by atoms with Crippen LogP contribution in [0, 0.1) is 15.3 Å². The molecule has 0 unspecified atom stereocenters. The van der Waals surface area contributed by atoms with E-state index in [0.29, 0.717) is 0 Å². The van der Waals surface area contributed by atoms with Gasteiger partial charge in [0.05, 0.1) is 5.09 Å². The van der Waals surface area contributed by atoms with Crippen LogP contribution in [-0.4, -0.2) is 15.0 Å². The predicted octanol–water partition coefficient (Wildman–Crippen LogP) is -1.82. The molecule has 1 aromatic rings. The zero-order valence-corrected chi connectivity index (χ0v) is 5.75. The van der Waals surface area contributed by atoms with E-state index in [0.717, 1.165) is 0 Å². The molecule has 8 nitrogen and oxygen atoms in total. The third-order valence-electron chi connectivity index (χ3n) is 0.679. The van der Waals surface area contributed by atoms with Gasteiger partial charge >= 0.3 is 0 Å². The van der Waals surface area contributed by atoms with Gasteiger partial charge in [0.25, 0.3) is 0 Å². The summed E-state index contributed by atoms with van der Waals surface area (Å²) in [6.07, 6.45) is 3.43. The maximum Gasteiger partial charge on any atom is 0.184 e. The Hall–Kier alpha value is -1.86. The van der Waals surface area contributed by atoms with Crippen molar-refractivity contribution < 1.29 is 9.88 Å². The highest BCUT2D eigenvalue weighted by molar-refractivity contribution is 4.52. The first-order valence-corrected chi connectivity index (χ1v) is 2.50. The van der Waals surface area contributed by atoms with Gasteiger partial charge in [-0.2, -0.15) is 0 Å². The van der Waals surface area contributed by atoms with Gasteiger partial charge in [0, 0.05) is 0 Å². The summed E-state index contributed by atoms with van der Waals surface area (Å²) in [5.74, 6) is 5.16. The smallest absolute Gasteiger partial charge is 0.184 e. The van der Waals surface area contributed by atoms with Gasteiger partial charge in [0.15, 0.2) is 12.4 Å². The lowest BCUT2D eigenvalue weighted by atomic mass is 10.9. The van der Waals surface area contributed by atoms with Crippen molar-refractivity contribution in [1.82, 2.24) is 9.90 Å². The van der Waals surface area contributed by atoms with Crippen LogP contribution in [0.3, 0.4) is 0 Å². The van der Waals surface area contributed by atoms with E-state index in [1.54, 1.807) is 17.1 Å². The lowest BCUT2D eigenvalue weighted by Gasteiger charge is -1.74. The van der Waals surface area contributed by atoms with Crippen molar-refractivity contribution >= 4 is 0 Å². The Bertz CT molecular complexity index is 212. The molecule has 0 saturated heterocycles. The molecule has 8 heteroatoms. The van der Waals surface area contributed by atoms with Gasteiger partial charge in [-0.1, -0.05) is 0 Å². The molecular formula is C3H7N5O3. The minimum Gasteiger partial charge on any atom is -0.356 e. The molecule has 0 aliphatic heterocycles. The summed E-state index contributed by atoms with van der Waals surface area (Å²) in [5.41, 5.74) is 0. The second-order valence-electron chi connectivity index (χ2n) is 1.56. The summed E-state index contributed by atoms with van der Waals surface area (Å²) in [6.45, 7) is 0. The van der Waals surface area contributed by atoms with Gasteiger partial charge < -0.3 is 15.3 Å². The van der Waals surface area contributed by atoms with Crippen LogP contribution >= 0.6 is 0 Å². The quantitative estimate of drug-likeness (QED) is 0.208. The molecule has 0 radical (unpaired) electrons. The predicted molar refractivity (Wildman–Crippen MR) is 33.9 cm³/mol. The highest BCUT2D eigenvalue weighted by Crippen LogP contribution is 1.62. The van der Waals surface area contributed by atoms with Gasteiger partial charge in [-0.15, -0.1) is 4.68 Å². The number of hydrogen-bond acceptors (Lipinski definition) is 5. The number of rotatable bonds is 0. The fourth-order valence-corrected chi connectivity index (χ4v) is 0.387. The van der Waals surface area contributed by atoms with E-state index in [-0.39, 0.29) is 0 Å². The Labute approximate surface area is 61.5 Å². The van der Waals surface area contributed by atoms with Crippen molar-refractivity contribution in [2.24, 2.45) is 7.05 Å². The maximum absolute atomic E-state index is 8.25. The average molecular weight is 161 g/mol. The summed E-state index contributed by atoms with van der Waals surface area (Å²) >= 11 is 0. The third kappa shape index (κ3) is 6.02. The summed E-state index contributed by atoms with van der Waals surface area (Å²) in [6, 6.07) is 0. The third-order valence-corrected chi connectivity index (χ3v) is 0.679. The minimum atomic E-state index is -1.75. The topological polar surface area (TPSA) is 114 Å². The number of nitrogens with two attached hydrogens (primary N) is 1. The Kier molecular flexibility index (Phi) is 3.35. The number of nitrogen functional groups attached to an aromatic ring is 1. The number of nitrogens with zero attached hydrogens (tertiary/aromatic N) is 4. The summed E-state index contributed by atoms with van der Waals surface area (Å²) in [5, 5.41) is 18.5. The van der Waals surface area contributed by atoms with E-state index in [2.05, 4.69) is 5.21 Å². The van der Waals surface area contributed by atoms with Crippen LogP contribution < -0.4 is 10.6 Å². The molecule has 0 fully saturated rings. The maximum atomic E-state index is 8.25. The van der Waals surface area contributed by atoms with Crippen molar-refractivity contribution in [3.05, 3.63) is 27.7 Å². The summed E-state index contributed by atoms with van der Waals surface area (Å²) in [4.78, 5) is 9.50. The fourth-order valence-electron chi connectivity index (χ4n) is 0.387. The van der Waals surface area contributed by atoms with E-state index in [1.807, 2.05) is 7.05 Å². The lowest BCUT2D eigenvalue weighted by molar-refractivity contribution is -0.701. The Morgan fingerprint density at radius 2 is 2.18 bits per heavy atom. The summed E-state index contributed by atoms with van der Waals surface area (Å²) < 4.78 is 1.62. The second kappa shape index (κ2) is 4.04. The van der Waals surface area contributed by atoms with Crippen molar-refractivity contribution in [3.8, 4) is 0 Å². The standard InChI is InChI=1S/C3H7N4.NO3/c1-6-2-3-7(4)5-6;2-1(3)4/h2-3H,1H3,(H2,4,5);/q+1;-1. The van der Waals surface area contributed by atoms with E-state index < -0.39 is 5.09 Å². The molecule has 0 spiro atoms. The Morgan fingerprint density at radius 3 is 2.27 bits per heavy atom. The van der Waals surface area contributed by atoms with Gasteiger partial charge in [-0.3, -0.25) is 0 Å². The molecule has 62 valence electrons. The fraction of sp³-hybridized carbons (Fsp3) is 0.333. The van der Waals surface area contributed by atoms with Crippen LogP contribution in [0.4, 0.5) is 0 Å². The second-order valence-corrected chi connectivity index (χ2v) is 1.56. The molecule has 0 atom stereocenters. The highest BCUT2D eigenvalue weighted by Gasteiger charge is 1.90. The molecule has 2 N–H and O–H groups in total. The van der Waals surface area contributed by atoms with Gasteiger partial charge in [-0.05, 0) is 4.79 Å². The van der Waals surface area contributed by atoms with E-state index in [4.69, 9.17) is 21.2 Å². The lowest BCUT2D eigenvalue weighted by Crippen LogP contribution is -2.46. The highest BCUT2D eigenvalue weighted by atomic mass is 16.9. The van der Waals surface area contributed by atoms with Crippen molar-refractivity contribution in [1.29, 1.82) is 0 Å². The van der Waals surface area contributed by atoms with E-state index >= 15 is 0 Å². The van der Waals surface area contributed by atoms with Crippen molar-refractivity contribution in [2.75, 3.05) is 5.84 Å². The van der Waals surface area contributed by atoms with Crippen molar-refractivity contribution in [3.63, 3.8) is 0 Å². The normalized spacial score (nSPS) is 8.09. The molecule has 0 amide bonds. The molecule has 1 aromatic heterocycles. The Balaban J connectivity index is 0.000000218. The molecule has 0 bridgehead atoms.